The van der Waals surface area contributed by atoms with Crippen LogP contribution in [0.3, 0.4) is 0 Å². The van der Waals surface area contributed by atoms with Gasteiger partial charge in [-0.3, -0.25) is 0 Å². The van der Waals surface area contributed by atoms with Gasteiger partial charge in [0.2, 0.25) is 0 Å². The van der Waals surface area contributed by atoms with Crippen LogP contribution in [-0.4, -0.2) is 51.2 Å². The van der Waals surface area contributed by atoms with Crippen molar-refractivity contribution >= 4 is 11.8 Å². The van der Waals surface area contributed by atoms with Gasteiger partial charge in [-0.25, -0.2) is 4.39 Å². The number of hydrogen-bond donors (Lipinski definition) is 3. The summed E-state index contributed by atoms with van der Waals surface area (Å²) in [6.07, 6.45) is -0.678. The highest BCUT2D eigenvalue weighted by Crippen LogP contribution is 2.30. The van der Waals surface area contributed by atoms with Crippen LogP contribution < -0.4 is 4.74 Å². The Balaban J connectivity index is 1.68. The van der Waals surface area contributed by atoms with Gasteiger partial charge in [0, 0.05) is 17.4 Å². The molecule has 0 heterocycles. The molecule has 1 aliphatic rings. The molecule has 1 aliphatic carbocycles. The maximum atomic E-state index is 12.7. The predicted molar refractivity (Wildman–Crippen MR) is 75.4 cm³/mol. The Kier molecular flexibility index (Phi) is 5.65. The Labute approximate surface area is 121 Å². The van der Waals surface area contributed by atoms with Gasteiger partial charge in [-0.05, 0) is 30.7 Å². The quantitative estimate of drug-likeness (QED) is 0.736. The molecule has 4 nitrogen and oxygen atoms in total. The minimum atomic E-state index is -0.671. The smallest absolute Gasteiger partial charge is 0.123 e. The third-order valence-electron chi connectivity index (χ3n) is 3.21. The topological polar surface area (TPSA) is 69.9 Å². The molecule has 4 atom stereocenters. The Morgan fingerprint density at radius 1 is 1.25 bits per heavy atom. The van der Waals surface area contributed by atoms with Crippen LogP contribution in [-0.2, 0) is 0 Å². The van der Waals surface area contributed by atoms with Gasteiger partial charge in [0.1, 0.15) is 18.2 Å². The summed E-state index contributed by atoms with van der Waals surface area (Å²) in [5, 5.41) is 28.9. The van der Waals surface area contributed by atoms with Crippen LogP contribution in [0, 0.1) is 5.82 Å². The zero-order valence-electron chi connectivity index (χ0n) is 11.0. The summed E-state index contributed by atoms with van der Waals surface area (Å²) in [5.74, 6) is 0.601. The third kappa shape index (κ3) is 4.63. The number of ether oxygens (including phenoxy) is 1. The molecule has 2 rings (SSSR count). The van der Waals surface area contributed by atoms with Gasteiger partial charge in [0.05, 0.1) is 18.3 Å². The van der Waals surface area contributed by atoms with E-state index in [0.29, 0.717) is 24.3 Å². The fourth-order valence-electron chi connectivity index (χ4n) is 2.14. The van der Waals surface area contributed by atoms with E-state index in [0.717, 1.165) is 0 Å². The zero-order valence-corrected chi connectivity index (χ0v) is 11.8. The summed E-state index contributed by atoms with van der Waals surface area (Å²) >= 11 is 1.44. The van der Waals surface area contributed by atoms with Gasteiger partial charge in [0.15, 0.2) is 0 Å². The third-order valence-corrected chi connectivity index (χ3v) is 4.72. The molecule has 0 aromatic heterocycles. The molecule has 0 aliphatic heterocycles. The lowest BCUT2D eigenvalue weighted by atomic mass is 10.3. The fraction of sp³-hybridized carbons (Fsp3) is 0.571. The van der Waals surface area contributed by atoms with Gasteiger partial charge in [-0.2, -0.15) is 11.8 Å². The number of hydrogen-bond acceptors (Lipinski definition) is 5. The molecule has 0 amide bonds. The molecule has 1 aromatic rings. The minimum Gasteiger partial charge on any atom is -0.491 e. The molecule has 0 bridgehead atoms. The average molecular weight is 302 g/mol. The van der Waals surface area contributed by atoms with E-state index >= 15 is 0 Å². The molecule has 20 heavy (non-hydrogen) atoms. The van der Waals surface area contributed by atoms with Crippen molar-refractivity contribution in [2.45, 2.75) is 36.4 Å². The molecule has 112 valence electrons. The van der Waals surface area contributed by atoms with Crippen molar-refractivity contribution in [2.24, 2.45) is 0 Å². The van der Waals surface area contributed by atoms with Gasteiger partial charge in [-0.15, -0.1) is 0 Å². The second-order valence-electron chi connectivity index (χ2n) is 4.98. The molecular formula is C14H19FO4S. The standard InChI is InChI=1S/C14H19FO4S/c15-9-1-3-12(4-2-9)19-7-11(17)8-20-14-6-10(16)5-13(14)18/h1-4,10-11,13-14,16-18H,5-8H2. The summed E-state index contributed by atoms with van der Waals surface area (Å²) < 4.78 is 18.0. The molecule has 1 aromatic carbocycles. The summed E-state index contributed by atoms with van der Waals surface area (Å²) in [6, 6.07) is 5.61. The number of rotatable bonds is 6. The monoisotopic (exact) mass is 302 g/mol. The average Bonchev–Trinajstić information content (AvgIpc) is 2.74. The van der Waals surface area contributed by atoms with Crippen LogP contribution in [0.5, 0.6) is 5.75 Å². The van der Waals surface area contributed by atoms with E-state index in [1.807, 2.05) is 0 Å². The van der Waals surface area contributed by atoms with Crippen LogP contribution in [0.1, 0.15) is 12.8 Å². The predicted octanol–water partition coefficient (Wildman–Crippen LogP) is 1.18. The second-order valence-corrected chi connectivity index (χ2v) is 6.26. The van der Waals surface area contributed by atoms with Crippen LogP contribution in [0.15, 0.2) is 24.3 Å². The normalized spacial score (nSPS) is 27.5. The molecule has 1 fully saturated rings. The first-order chi connectivity index (χ1) is 9.54. The Bertz CT molecular complexity index is 414. The molecule has 3 N–H and O–H groups in total. The summed E-state index contributed by atoms with van der Waals surface area (Å²) in [7, 11) is 0. The van der Waals surface area contributed by atoms with Gasteiger partial charge >= 0.3 is 0 Å². The highest BCUT2D eigenvalue weighted by Gasteiger charge is 2.32. The molecule has 0 spiro atoms. The van der Waals surface area contributed by atoms with Crippen molar-refractivity contribution in [3.05, 3.63) is 30.1 Å². The van der Waals surface area contributed by atoms with Crippen molar-refractivity contribution < 1.29 is 24.4 Å². The van der Waals surface area contributed by atoms with Gasteiger partial charge < -0.3 is 20.1 Å². The molecule has 1 saturated carbocycles. The highest BCUT2D eigenvalue weighted by atomic mass is 32.2. The molecule has 0 saturated heterocycles. The molecule has 6 heteroatoms. The largest absolute Gasteiger partial charge is 0.491 e. The molecule has 0 radical (unpaired) electrons. The Morgan fingerprint density at radius 3 is 2.55 bits per heavy atom. The second kappa shape index (κ2) is 7.26. The molecule has 4 unspecified atom stereocenters. The molecular weight excluding hydrogens is 283 g/mol. The first-order valence-electron chi connectivity index (χ1n) is 6.58. The summed E-state index contributed by atoms with van der Waals surface area (Å²) in [5.41, 5.74) is 0. The number of aliphatic hydroxyl groups excluding tert-OH is 3. The van der Waals surface area contributed by atoms with Gasteiger partial charge in [0.25, 0.3) is 0 Å². The van der Waals surface area contributed by atoms with E-state index in [4.69, 9.17) is 4.74 Å². The number of thioether (sulfide) groups is 1. The summed E-state index contributed by atoms with van der Waals surface area (Å²) in [6.45, 7) is 0.115. The lowest BCUT2D eigenvalue weighted by molar-refractivity contribution is 0.125. The van der Waals surface area contributed by atoms with Crippen molar-refractivity contribution in [1.29, 1.82) is 0 Å². The lowest BCUT2D eigenvalue weighted by Crippen LogP contribution is -2.24. The first kappa shape index (κ1) is 15.6. The maximum Gasteiger partial charge on any atom is 0.123 e. The highest BCUT2D eigenvalue weighted by molar-refractivity contribution is 8.00. The summed E-state index contributed by atoms with van der Waals surface area (Å²) in [4.78, 5) is 0. The van der Waals surface area contributed by atoms with Crippen LogP contribution in [0.2, 0.25) is 0 Å². The minimum absolute atomic E-state index is 0.0366. The fourth-order valence-corrected chi connectivity index (χ4v) is 3.39. The number of aliphatic hydroxyl groups is 3. The van der Waals surface area contributed by atoms with E-state index in [1.165, 1.54) is 36.0 Å². The van der Waals surface area contributed by atoms with Crippen molar-refractivity contribution in [1.82, 2.24) is 0 Å². The Morgan fingerprint density at radius 2 is 1.95 bits per heavy atom. The van der Waals surface area contributed by atoms with Gasteiger partial charge in [-0.1, -0.05) is 0 Å². The van der Waals surface area contributed by atoms with Crippen molar-refractivity contribution in [3.63, 3.8) is 0 Å². The van der Waals surface area contributed by atoms with E-state index in [2.05, 4.69) is 0 Å². The van der Waals surface area contributed by atoms with Crippen LogP contribution in [0.25, 0.3) is 0 Å². The Hall–Kier alpha value is -0.820. The van der Waals surface area contributed by atoms with Crippen molar-refractivity contribution in [2.75, 3.05) is 12.4 Å². The zero-order chi connectivity index (χ0) is 14.5. The van der Waals surface area contributed by atoms with E-state index in [9.17, 15) is 19.7 Å². The number of halogens is 1. The van der Waals surface area contributed by atoms with Crippen molar-refractivity contribution in [3.8, 4) is 5.75 Å². The maximum absolute atomic E-state index is 12.7. The lowest BCUT2D eigenvalue weighted by Gasteiger charge is -2.17. The number of benzene rings is 1. The van der Waals surface area contributed by atoms with E-state index < -0.39 is 18.3 Å². The van der Waals surface area contributed by atoms with E-state index in [-0.39, 0.29) is 17.7 Å². The van der Waals surface area contributed by atoms with E-state index in [1.54, 1.807) is 0 Å². The van der Waals surface area contributed by atoms with Crippen LogP contribution in [0.4, 0.5) is 4.39 Å². The first-order valence-corrected chi connectivity index (χ1v) is 7.63. The SMILES string of the molecule is OC(COc1ccc(F)cc1)CSC1CC(O)CC1O. The van der Waals surface area contributed by atoms with Crippen LogP contribution >= 0.6 is 11.8 Å².